The molecule has 0 bridgehead atoms. The first kappa shape index (κ1) is 18.3. The maximum atomic E-state index is 12.0. The number of aliphatic carboxylic acids is 1. The summed E-state index contributed by atoms with van der Waals surface area (Å²) in [5, 5.41) is 20.1. The van der Waals surface area contributed by atoms with E-state index < -0.39 is 17.0 Å². The molecular formula is C20H32O3. The molecule has 4 unspecified atom stereocenters. The van der Waals surface area contributed by atoms with E-state index in [1.54, 1.807) is 13.0 Å². The van der Waals surface area contributed by atoms with Crippen LogP contribution in [0.3, 0.4) is 0 Å². The predicted molar refractivity (Wildman–Crippen MR) is 93.2 cm³/mol. The van der Waals surface area contributed by atoms with Crippen LogP contribution >= 0.6 is 0 Å². The minimum atomic E-state index is -0.860. The zero-order valence-corrected chi connectivity index (χ0v) is 15.1. The monoisotopic (exact) mass is 320 g/mol. The molecule has 130 valence electrons. The molecule has 0 radical (unpaired) electrons. The number of hydrogen-bond acceptors (Lipinski definition) is 2. The first-order valence-electron chi connectivity index (χ1n) is 8.85. The van der Waals surface area contributed by atoms with Crippen molar-refractivity contribution in [3.8, 4) is 0 Å². The predicted octanol–water partition coefficient (Wildman–Crippen LogP) is 4.71. The zero-order valence-electron chi connectivity index (χ0n) is 15.1. The first-order valence-corrected chi connectivity index (χ1v) is 8.85. The molecule has 1 saturated carbocycles. The van der Waals surface area contributed by atoms with E-state index in [0.717, 1.165) is 38.5 Å². The van der Waals surface area contributed by atoms with Gasteiger partial charge in [-0.05, 0) is 70.6 Å². The van der Waals surface area contributed by atoms with E-state index in [-0.39, 0.29) is 11.3 Å². The van der Waals surface area contributed by atoms with Crippen molar-refractivity contribution in [2.75, 3.05) is 0 Å². The molecule has 2 N–H and O–H groups in total. The van der Waals surface area contributed by atoms with Gasteiger partial charge < -0.3 is 10.2 Å². The number of carboxylic acids is 1. The third-order valence-electron chi connectivity index (χ3n) is 6.75. The largest absolute Gasteiger partial charge is 0.481 e. The molecule has 0 aromatic heterocycles. The quantitative estimate of drug-likeness (QED) is 0.721. The summed E-state index contributed by atoms with van der Waals surface area (Å²) in [7, 11) is 0. The van der Waals surface area contributed by atoms with E-state index in [1.807, 2.05) is 6.92 Å². The highest BCUT2D eigenvalue weighted by atomic mass is 16.4. The van der Waals surface area contributed by atoms with Crippen LogP contribution in [-0.4, -0.2) is 21.8 Å². The van der Waals surface area contributed by atoms with Gasteiger partial charge in [-0.15, -0.1) is 6.58 Å². The van der Waals surface area contributed by atoms with Crippen LogP contribution in [-0.2, 0) is 4.79 Å². The molecule has 2 aliphatic rings. The van der Waals surface area contributed by atoms with Gasteiger partial charge in [-0.3, -0.25) is 4.79 Å². The third kappa shape index (κ3) is 3.13. The Morgan fingerprint density at radius 1 is 1.43 bits per heavy atom. The minimum absolute atomic E-state index is 0.0506. The summed E-state index contributed by atoms with van der Waals surface area (Å²) >= 11 is 0. The van der Waals surface area contributed by atoms with Crippen LogP contribution in [0.5, 0.6) is 0 Å². The molecule has 0 amide bonds. The van der Waals surface area contributed by atoms with Crippen molar-refractivity contribution in [1.29, 1.82) is 0 Å². The van der Waals surface area contributed by atoms with Crippen LogP contribution in [0, 0.1) is 16.7 Å². The van der Waals surface area contributed by atoms with Gasteiger partial charge in [-0.1, -0.05) is 30.6 Å². The zero-order chi connectivity index (χ0) is 17.5. The first-order chi connectivity index (χ1) is 10.6. The van der Waals surface area contributed by atoms with Gasteiger partial charge in [0, 0.05) is 0 Å². The topological polar surface area (TPSA) is 57.5 Å². The highest BCUT2D eigenvalue weighted by Crippen LogP contribution is 2.60. The van der Waals surface area contributed by atoms with Crippen molar-refractivity contribution < 1.29 is 15.0 Å². The molecule has 0 heterocycles. The molecule has 2 rings (SSSR count). The fraction of sp³-hybridized carbons (Fsp3) is 0.750. The molecule has 0 aromatic carbocycles. The van der Waals surface area contributed by atoms with E-state index in [1.165, 1.54) is 11.1 Å². The number of fused-ring (bicyclic) bond motifs is 1. The maximum Gasteiger partial charge on any atom is 0.309 e. The molecule has 0 saturated heterocycles. The number of aliphatic hydroxyl groups is 1. The van der Waals surface area contributed by atoms with Gasteiger partial charge in [0.2, 0.25) is 0 Å². The number of hydrogen-bond donors (Lipinski definition) is 2. The van der Waals surface area contributed by atoms with Crippen LogP contribution in [0.15, 0.2) is 23.8 Å². The lowest BCUT2D eigenvalue weighted by Gasteiger charge is -2.54. The second-order valence-electron chi connectivity index (χ2n) is 8.41. The standard InChI is InChI=1S/C20H32O3/c1-6-18(3,23)13-10-15-14(2)8-9-16-19(15,4)11-7-12-20(16,5)17(21)22/h6,16,23H,1,7-13H2,2-5H3,(H,21,22). The average molecular weight is 320 g/mol. The van der Waals surface area contributed by atoms with Gasteiger partial charge in [0.25, 0.3) is 0 Å². The van der Waals surface area contributed by atoms with Crippen molar-refractivity contribution in [3.05, 3.63) is 23.8 Å². The molecule has 23 heavy (non-hydrogen) atoms. The molecule has 0 aromatic rings. The highest BCUT2D eigenvalue weighted by Gasteiger charge is 2.55. The summed E-state index contributed by atoms with van der Waals surface area (Å²) in [6, 6.07) is 0. The Morgan fingerprint density at radius 3 is 2.65 bits per heavy atom. The molecule has 1 fully saturated rings. The Morgan fingerprint density at radius 2 is 2.09 bits per heavy atom. The summed E-state index contributed by atoms with van der Waals surface area (Å²) < 4.78 is 0. The minimum Gasteiger partial charge on any atom is -0.481 e. The Balaban J connectivity index is 2.35. The lowest BCUT2D eigenvalue weighted by molar-refractivity contribution is -0.159. The van der Waals surface area contributed by atoms with E-state index >= 15 is 0 Å². The highest BCUT2D eigenvalue weighted by molar-refractivity contribution is 5.75. The van der Waals surface area contributed by atoms with Crippen molar-refractivity contribution in [3.63, 3.8) is 0 Å². The fourth-order valence-corrected chi connectivity index (χ4v) is 5.11. The van der Waals surface area contributed by atoms with E-state index in [2.05, 4.69) is 20.4 Å². The van der Waals surface area contributed by atoms with Gasteiger partial charge in [-0.2, -0.15) is 0 Å². The van der Waals surface area contributed by atoms with Crippen LogP contribution < -0.4 is 0 Å². The number of carboxylic acid groups (broad SMARTS) is 1. The van der Waals surface area contributed by atoms with Crippen LogP contribution in [0.2, 0.25) is 0 Å². The number of allylic oxidation sites excluding steroid dienone is 2. The normalized spacial score (nSPS) is 37.0. The molecule has 2 aliphatic carbocycles. The summed E-state index contributed by atoms with van der Waals surface area (Å²) in [4.78, 5) is 12.0. The van der Waals surface area contributed by atoms with Crippen molar-refractivity contribution >= 4 is 5.97 Å². The van der Waals surface area contributed by atoms with Crippen molar-refractivity contribution in [2.24, 2.45) is 16.7 Å². The Bertz CT molecular complexity index is 531. The fourth-order valence-electron chi connectivity index (χ4n) is 5.11. The Hall–Kier alpha value is -1.09. The van der Waals surface area contributed by atoms with Gasteiger partial charge >= 0.3 is 5.97 Å². The summed E-state index contributed by atoms with van der Waals surface area (Å²) in [6.07, 6.45) is 7.82. The summed E-state index contributed by atoms with van der Waals surface area (Å²) in [6.45, 7) is 11.9. The Labute approximate surface area is 140 Å². The number of rotatable bonds is 5. The summed E-state index contributed by atoms with van der Waals surface area (Å²) in [5.74, 6) is -0.459. The molecule has 4 atom stereocenters. The number of carbonyl (C=O) groups is 1. The Kier molecular flexibility index (Phi) is 4.83. The second kappa shape index (κ2) is 6.08. The molecule has 0 spiro atoms. The molecule has 3 heteroatoms. The smallest absolute Gasteiger partial charge is 0.309 e. The van der Waals surface area contributed by atoms with Gasteiger partial charge in [0.1, 0.15) is 0 Å². The van der Waals surface area contributed by atoms with Crippen molar-refractivity contribution in [1.82, 2.24) is 0 Å². The SMILES string of the molecule is C=CC(C)(O)CCC1=C(C)CCC2C(C)(C(=O)O)CCCC12C. The van der Waals surface area contributed by atoms with Crippen LogP contribution in [0.1, 0.15) is 72.6 Å². The van der Waals surface area contributed by atoms with E-state index in [4.69, 9.17) is 0 Å². The second-order valence-corrected chi connectivity index (χ2v) is 8.41. The van der Waals surface area contributed by atoms with Crippen molar-refractivity contribution in [2.45, 2.75) is 78.2 Å². The third-order valence-corrected chi connectivity index (χ3v) is 6.75. The van der Waals surface area contributed by atoms with Crippen LogP contribution in [0.25, 0.3) is 0 Å². The van der Waals surface area contributed by atoms with Crippen LogP contribution in [0.4, 0.5) is 0 Å². The molecule has 3 nitrogen and oxygen atoms in total. The molecular weight excluding hydrogens is 288 g/mol. The average Bonchev–Trinajstić information content (AvgIpc) is 2.46. The van der Waals surface area contributed by atoms with E-state index in [9.17, 15) is 15.0 Å². The summed E-state index contributed by atoms with van der Waals surface area (Å²) in [5.41, 5.74) is 1.26. The lowest BCUT2D eigenvalue weighted by Crippen LogP contribution is -2.50. The van der Waals surface area contributed by atoms with E-state index in [0.29, 0.717) is 6.42 Å². The van der Waals surface area contributed by atoms with Gasteiger partial charge in [-0.25, -0.2) is 0 Å². The lowest BCUT2D eigenvalue weighted by atomic mass is 9.49. The molecule has 0 aliphatic heterocycles. The van der Waals surface area contributed by atoms with Gasteiger partial charge in [0.15, 0.2) is 0 Å². The van der Waals surface area contributed by atoms with Gasteiger partial charge in [0.05, 0.1) is 11.0 Å². The maximum absolute atomic E-state index is 12.0.